The quantitative estimate of drug-likeness (QED) is 0.724. The van der Waals surface area contributed by atoms with Gasteiger partial charge >= 0.3 is 0 Å². The summed E-state index contributed by atoms with van der Waals surface area (Å²) < 4.78 is 13.0. The summed E-state index contributed by atoms with van der Waals surface area (Å²) in [7, 11) is 3.62. The first-order valence-corrected chi connectivity index (χ1v) is 5.39. The number of nitrogens with one attached hydrogen (secondary N) is 1. The first kappa shape index (κ1) is 13.6. The summed E-state index contributed by atoms with van der Waals surface area (Å²) >= 11 is 0. The van der Waals surface area contributed by atoms with Crippen LogP contribution in [-0.2, 0) is 0 Å². The van der Waals surface area contributed by atoms with E-state index in [-0.39, 0.29) is 23.6 Å². The van der Waals surface area contributed by atoms with E-state index in [1.807, 2.05) is 11.9 Å². The third-order valence-corrected chi connectivity index (χ3v) is 2.42. The highest BCUT2D eigenvalue weighted by atomic mass is 19.1. The van der Waals surface area contributed by atoms with E-state index in [4.69, 9.17) is 0 Å². The van der Waals surface area contributed by atoms with Crippen LogP contribution in [0.3, 0.4) is 0 Å². The summed E-state index contributed by atoms with van der Waals surface area (Å²) in [5.41, 5.74) is 0.0290. The Balaban J connectivity index is 2.66. The average Bonchev–Trinajstić information content (AvgIpc) is 2.29. The van der Waals surface area contributed by atoms with E-state index in [9.17, 15) is 14.3 Å². The highest BCUT2D eigenvalue weighted by molar-refractivity contribution is 5.99. The summed E-state index contributed by atoms with van der Waals surface area (Å²) in [6.45, 7) is 1.62. The molecular weight excluding hydrogens is 223 g/mol. The van der Waals surface area contributed by atoms with Gasteiger partial charge in [-0.25, -0.2) is 4.39 Å². The molecule has 0 radical (unpaired) electrons. The molecule has 1 aromatic carbocycles. The Hall–Kier alpha value is -1.46. The van der Waals surface area contributed by atoms with Gasteiger partial charge in [0.1, 0.15) is 11.6 Å². The molecule has 0 bridgehead atoms. The van der Waals surface area contributed by atoms with Crippen molar-refractivity contribution in [1.29, 1.82) is 0 Å². The molecule has 0 aliphatic rings. The smallest absolute Gasteiger partial charge is 0.180 e. The number of halogens is 1. The Morgan fingerprint density at radius 1 is 1.53 bits per heavy atom. The molecule has 5 heteroatoms. The lowest BCUT2D eigenvalue weighted by Crippen LogP contribution is -2.31. The fourth-order valence-corrected chi connectivity index (χ4v) is 1.44. The SMILES string of the molecule is CNCCN(C)CC(=O)c1cc(F)ccc1O. The second-order valence-corrected chi connectivity index (χ2v) is 3.93. The predicted molar refractivity (Wildman–Crippen MR) is 63.8 cm³/mol. The predicted octanol–water partition coefficient (Wildman–Crippen LogP) is 0.865. The Bertz CT molecular complexity index is 396. The molecule has 0 saturated heterocycles. The minimum atomic E-state index is -0.524. The molecule has 1 rings (SSSR count). The van der Waals surface area contributed by atoms with Crippen molar-refractivity contribution in [3.05, 3.63) is 29.6 Å². The minimum Gasteiger partial charge on any atom is -0.507 e. The number of Topliss-reactive ketones (excluding diaryl/α,β-unsaturated/α-hetero) is 1. The second kappa shape index (κ2) is 6.32. The first-order chi connectivity index (χ1) is 8.04. The van der Waals surface area contributed by atoms with Crippen LogP contribution in [0.2, 0.25) is 0 Å². The summed E-state index contributed by atoms with van der Waals surface area (Å²) in [5.74, 6) is -0.997. The van der Waals surface area contributed by atoms with E-state index in [0.29, 0.717) is 6.54 Å². The van der Waals surface area contributed by atoms with Crippen LogP contribution in [0, 0.1) is 5.82 Å². The van der Waals surface area contributed by atoms with Crippen molar-refractivity contribution in [2.75, 3.05) is 33.7 Å². The molecule has 2 N–H and O–H groups in total. The Kier molecular flexibility index (Phi) is 5.06. The number of rotatable bonds is 6. The Labute approximate surface area is 100 Å². The van der Waals surface area contributed by atoms with Gasteiger partial charge in [0.05, 0.1) is 12.1 Å². The molecule has 0 aliphatic carbocycles. The third-order valence-electron chi connectivity index (χ3n) is 2.42. The summed E-state index contributed by atoms with van der Waals surface area (Å²) in [4.78, 5) is 13.6. The molecule has 4 nitrogen and oxygen atoms in total. The lowest BCUT2D eigenvalue weighted by molar-refractivity contribution is 0.0944. The molecule has 0 fully saturated rings. The normalized spacial score (nSPS) is 10.8. The van der Waals surface area contributed by atoms with Crippen LogP contribution >= 0.6 is 0 Å². The van der Waals surface area contributed by atoms with Crippen molar-refractivity contribution >= 4 is 5.78 Å². The van der Waals surface area contributed by atoms with E-state index < -0.39 is 5.82 Å². The Morgan fingerprint density at radius 3 is 2.88 bits per heavy atom. The van der Waals surface area contributed by atoms with Gasteiger partial charge in [0, 0.05) is 13.1 Å². The maximum absolute atomic E-state index is 13.0. The van der Waals surface area contributed by atoms with E-state index in [2.05, 4.69) is 5.32 Å². The van der Waals surface area contributed by atoms with Crippen molar-refractivity contribution in [3.8, 4) is 5.75 Å². The van der Waals surface area contributed by atoms with Gasteiger partial charge in [-0.2, -0.15) is 0 Å². The highest BCUT2D eigenvalue weighted by Crippen LogP contribution is 2.18. The standard InChI is InChI=1S/C12H17FN2O2/c1-14-5-6-15(2)8-12(17)10-7-9(13)3-4-11(10)16/h3-4,7,14,16H,5-6,8H2,1-2H3. The van der Waals surface area contributed by atoms with Crippen molar-refractivity contribution in [1.82, 2.24) is 10.2 Å². The number of hydrogen-bond acceptors (Lipinski definition) is 4. The molecule has 0 aliphatic heterocycles. The number of phenolic OH excluding ortho intramolecular Hbond substituents is 1. The number of hydrogen-bond donors (Lipinski definition) is 2. The first-order valence-electron chi connectivity index (χ1n) is 5.39. The maximum atomic E-state index is 13.0. The molecule has 0 aromatic heterocycles. The van der Waals surface area contributed by atoms with E-state index in [1.165, 1.54) is 6.07 Å². The maximum Gasteiger partial charge on any atom is 0.180 e. The largest absolute Gasteiger partial charge is 0.507 e. The molecule has 0 atom stereocenters. The molecule has 0 heterocycles. The monoisotopic (exact) mass is 240 g/mol. The molecular formula is C12H17FN2O2. The van der Waals surface area contributed by atoms with Crippen molar-refractivity contribution in [3.63, 3.8) is 0 Å². The van der Waals surface area contributed by atoms with Crippen LogP contribution < -0.4 is 5.32 Å². The van der Waals surface area contributed by atoms with Gasteiger partial charge in [0.25, 0.3) is 0 Å². The molecule has 0 unspecified atom stereocenters. The summed E-state index contributed by atoms with van der Waals surface area (Å²) in [6, 6.07) is 3.37. The second-order valence-electron chi connectivity index (χ2n) is 3.93. The summed E-state index contributed by atoms with van der Waals surface area (Å²) in [5, 5.41) is 12.4. The lowest BCUT2D eigenvalue weighted by Gasteiger charge is -2.15. The lowest BCUT2D eigenvalue weighted by atomic mass is 10.1. The molecule has 94 valence electrons. The van der Waals surface area contributed by atoms with Crippen LogP contribution in [0.25, 0.3) is 0 Å². The summed E-state index contributed by atoms with van der Waals surface area (Å²) in [6.07, 6.45) is 0. The molecule has 17 heavy (non-hydrogen) atoms. The number of likely N-dealkylation sites (N-methyl/N-ethyl adjacent to an activating group) is 2. The topological polar surface area (TPSA) is 52.6 Å². The Morgan fingerprint density at radius 2 is 2.24 bits per heavy atom. The zero-order valence-corrected chi connectivity index (χ0v) is 10.0. The van der Waals surface area contributed by atoms with E-state index in [1.54, 1.807) is 7.05 Å². The number of aromatic hydroxyl groups is 1. The minimum absolute atomic E-state index is 0.0290. The average molecular weight is 240 g/mol. The van der Waals surface area contributed by atoms with Crippen LogP contribution in [-0.4, -0.2) is 49.5 Å². The van der Waals surface area contributed by atoms with Gasteiger partial charge in [0.15, 0.2) is 5.78 Å². The number of benzene rings is 1. The number of nitrogens with zero attached hydrogens (tertiary/aromatic N) is 1. The fourth-order valence-electron chi connectivity index (χ4n) is 1.44. The number of carbonyl (C=O) groups excluding carboxylic acids is 1. The molecule has 0 spiro atoms. The number of carbonyl (C=O) groups is 1. The molecule has 0 amide bonds. The van der Waals surface area contributed by atoms with E-state index >= 15 is 0 Å². The van der Waals surface area contributed by atoms with Crippen LogP contribution in [0.15, 0.2) is 18.2 Å². The third kappa shape index (κ3) is 4.13. The zero-order valence-electron chi connectivity index (χ0n) is 10.0. The van der Waals surface area contributed by atoms with Gasteiger partial charge in [-0.3, -0.25) is 9.69 Å². The van der Waals surface area contributed by atoms with Crippen molar-refractivity contribution in [2.24, 2.45) is 0 Å². The van der Waals surface area contributed by atoms with Gasteiger partial charge in [0.2, 0.25) is 0 Å². The fraction of sp³-hybridized carbons (Fsp3) is 0.417. The van der Waals surface area contributed by atoms with Crippen molar-refractivity contribution in [2.45, 2.75) is 0 Å². The molecule has 1 aromatic rings. The van der Waals surface area contributed by atoms with E-state index in [0.717, 1.165) is 18.7 Å². The molecule has 0 saturated carbocycles. The number of phenols is 1. The van der Waals surface area contributed by atoms with Crippen LogP contribution in [0.4, 0.5) is 4.39 Å². The number of ketones is 1. The highest BCUT2D eigenvalue weighted by Gasteiger charge is 2.14. The van der Waals surface area contributed by atoms with Gasteiger partial charge < -0.3 is 10.4 Å². The van der Waals surface area contributed by atoms with Gasteiger partial charge in [-0.1, -0.05) is 0 Å². The van der Waals surface area contributed by atoms with Crippen molar-refractivity contribution < 1.29 is 14.3 Å². The zero-order chi connectivity index (χ0) is 12.8. The van der Waals surface area contributed by atoms with Crippen LogP contribution in [0.1, 0.15) is 10.4 Å². The van der Waals surface area contributed by atoms with Gasteiger partial charge in [-0.15, -0.1) is 0 Å². The van der Waals surface area contributed by atoms with Gasteiger partial charge in [-0.05, 0) is 32.3 Å². The van der Waals surface area contributed by atoms with Crippen LogP contribution in [0.5, 0.6) is 5.75 Å².